The second kappa shape index (κ2) is 6.20. The Kier molecular flexibility index (Phi) is 4.12. The van der Waals surface area contributed by atoms with Crippen LogP contribution < -0.4 is 0 Å². The van der Waals surface area contributed by atoms with Crippen molar-refractivity contribution < 1.29 is 9.53 Å². The maximum Gasteiger partial charge on any atom is 0.360 e. The molecular weight excluding hydrogens is 326 g/mol. The molecule has 0 atom stereocenters. The lowest BCUT2D eigenvalue weighted by Crippen LogP contribution is -2.06. The molecule has 0 aliphatic carbocycles. The van der Waals surface area contributed by atoms with Crippen LogP contribution in [0.3, 0.4) is 0 Å². The van der Waals surface area contributed by atoms with E-state index < -0.39 is 5.97 Å². The SMILES string of the molecule is CCOC(=O)c1nnsc1-c1cn(-c2ccc(Cl)cc2)nn1. The number of carbonyl (C=O) groups is 1. The maximum atomic E-state index is 11.8. The lowest BCUT2D eigenvalue weighted by atomic mass is 10.3. The van der Waals surface area contributed by atoms with Crippen molar-refractivity contribution >= 4 is 29.1 Å². The van der Waals surface area contributed by atoms with Crippen LogP contribution in [-0.4, -0.2) is 37.2 Å². The number of esters is 1. The van der Waals surface area contributed by atoms with Crippen molar-refractivity contribution in [3.63, 3.8) is 0 Å². The van der Waals surface area contributed by atoms with Crippen LogP contribution in [-0.2, 0) is 4.74 Å². The Balaban J connectivity index is 1.93. The van der Waals surface area contributed by atoms with Gasteiger partial charge in [-0.1, -0.05) is 21.3 Å². The Bertz CT molecular complexity index is 799. The third kappa shape index (κ3) is 2.83. The number of carbonyl (C=O) groups excluding carboxylic acids is 1. The van der Waals surface area contributed by atoms with Gasteiger partial charge in [-0.2, -0.15) is 0 Å². The molecule has 0 aliphatic heterocycles. The number of benzene rings is 1. The van der Waals surface area contributed by atoms with E-state index in [2.05, 4.69) is 19.9 Å². The molecule has 0 fully saturated rings. The van der Waals surface area contributed by atoms with E-state index in [4.69, 9.17) is 16.3 Å². The number of hydrogen-bond acceptors (Lipinski definition) is 7. The number of nitrogens with zero attached hydrogens (tertiary/aromatic N) is 5. The normalized spacial score (nSPS) is 10.6. The first kappa shape index (κ1) is 14.6. The highest BCUT2D eigenvalue weighted by molar-refractivity contribution is 7.09. The van der Waals surface area contributed by atoms with Crippen LogP contribution in [0.2, 0.25) is 5.02 Å². The average molecular weight is 336 g/mol. The molecule has 0 radical (unpaired) electrons. The molecule has 2 aromatic heterocycles. The first-order chi connectivity index (χ1) is 10.7. The van der Waals surface area contributed by atoms with Gasteiger partial charge in [0.2, 0.25) is 0 Å². The number of hydrogen-bond donors (Lipinski definition) is 0. The van der Waals surface area contributed by atoms with Gasteiger partial charge in [0, 0.05) is 5.02 Å². The van der Waals surface area contributed by atoms with Gasteiger partial charge in [0.15, 0.2) is 5.69 Å². The van der Waals surface area contributed by atoms with Gasteiger partial charge < -0.3 is 4.74 Å². The van der Waals surface area contributed by atoms with Crippen LogP contribution in [0.4, 0.5) is 0 Å². The minimum absolute atomic E-state index is 0.148. The third-order valence-electron chi connectivity index (χ3n) is 2.77. The largest absolute Gasteiger partial charge is 0.461 e. The quantitative estimate of drug-likeness (QED) is 0.681. The van der Waals surface area contributed by atoms with Gasteiger partial charge in [0.05, 0.1) is 18.5 Å². The minimum atomic E-state index is -0.521. The van der Waals surface area contributed by atoms with Crippen LogP contribution in [0.25, 0.3) is 16.3 Å². The molecule has 7 nitrogen and oxygen atoms in total. The summed E-state index contributed by atoms with van der Waals surface area (Å²) in [6.45, 7) is 2.00. The predicted molar refractivity (Wildman–Crippen MR) is 81.2 cm³/mol. The third-order valence-corrected chi connectivity index (χ3v) is 3.77. The molecule has 3 rings (SSSR count). The average Bonchev–Trinajstić information content (AvgIpc) is 3.17. The lowest BCUT2D eigenvalue weighted by molar-refractivity contribution is 0.0520. The fraction of sp³-hybridized carbons (Fsp3) is 0.154. The number of rotatable bonds is 4. The van der Waals surface area contributed by atoms with E-state index in [-0.39, 0.29) is 12.3 Å². The smallest absolute Gasteiger partial charge is 0.360 e. The number of ether oxygens (including phenoxy) is 1. The molecule has 9 heteroatoms. The minimum Gasteiger partial charge on any atom is -0.461 e. The molecule has 0 spiro atoms. The van der Waals surface area contributed by atoms with Gasteiger partial charge in [-0.15, -0.1) is 10.2 Å². The molecule has 0 amide bonds. The van der Waals surface area contributed by atoms with E-state index in [0.717, 1.165) is 17.2 Å². The van der Waals surface area contributed by atoms with Gasteiger partial charge in [0.1, 0.15) is 10.6 Å². The first-order valence-corrected chi connectivity index (χ1v) is 7.52. The molecule has 2 heterocycles. The van der Waals surface area contributed by atoms with Gasteiger partial charge in [-0.05, 0) is 42.7 Å². The highest BCUT2D eigenvalue weighted by Gasteiger charge is 2.21. The zero-order valence-electron chi connectivity index (χ0n) is 11.4. The summed E-state index contributed by atoms with van der Waals surface area (Å²) in [5, 5.41) is 12.5. The summed E-state index contributed by atoms with van der Waals surface area (Å²) in [6.07, 6.45) is 1.70. The van der Waals surface area contributed by atoms with Gasteiger partial charge in [0.25, 0.3) is 0 Å². The van der Waals surface area contributed by atoms with Crippen molar-refractivity contribution in [3.8, 4) is 16.3 Å². The second-order valence-electron chi connectivity index (χ2n) is 4.20. The van der Waals surface area contributed by atoms with Crippen LogP contribution in [0.15, 0.2) is 30.5 Å². The Labute approximate surface area is 134 Å². The molecule has 1 aromatic carbocycles. The summed E-state index contributed by atoms with van der Waals surface area (Å²) in [4.78, 5) is 12.4. The predicted octanol–water partition coefficient (Wildman–Crippen LogP) is 2.62. The summed E-state index contributed by atoms with van der Waals surface area (Å²) in [6, 6.07) is 7.16. The fourth-order valence-corrected chi connectivity index (χ4v) is 2.51. The highest BCUT2D eigenvalue weighted by Crippen LogP contribution is 2.25. The van der Waals surface area contributed by atoms with E-state index in [0.29, 0.717) is 15.6 Å². The summed E-state index contributed by atoms with van der Waals surface area (Å²) < 4.78 is 10.3. The molecule has 0 N–H and O–H groups in total. The van der Waals surface area contributed by atoms with Crippen molar-refractivity contribution in [1.82, 2.24) is 24.6 Å². The van der Waals surface area contributed by atoms with Crippen molar-refractivity contribution in [1.29, 1.82) is 0 Å². The summed E-state index contributed by atoms with van der Waals surface area (Å²) in [5.41, 5.74) is 1.46. The summed E-state index contributed by atoms with van der Waals surface area (Å²) in [7, 11) is 0. The molecular formula is C13H10ClN5O2S. The monoisotopic (exact) mass is 335 g/mol. The lowest BCUT2D eigenvalue weighted by Gasteiger charge is -1.99. The molecule has 0 saturated heterocycles. The molecule has 112 valence electrons. The molecule has 22 heavy (non-hydrogen) atoms. The van der Waals surface area contributed by atoms with E-state index in [1.165, 1.54) is 0 Å². The van der Waals surface area contributed by atoms with Crippen LogP contribution in [0.5, 0.6) is 0 Å². The van der Waals surface area contributed by atoms with Crippen molar-refractivity contribution in [2.24, 2.45) is 0 Å². The van der Waals surface area contributed by atoms with Crippen molar-refractivity contribution in [2.45, 2.75) is 6.92 Å². The Morgan fingerprint density at radius 2 is 2.09 bits per heavy atom. The Morgan fingerprint density at radius 3 is 2.82 bits per heavy atom. The molecule has 0 saturated carbocycles. The first-order valence-electron chi connectivity index (χ1n) is 6.37. The van der Waals surface area contributed by atoms with E-state index in [9.17, 15) is 4.79 Å². The second-order valence-corrected chi connectivity index (χ2v) is 5.39. The van der Waals surface area contributed by atoms with Gasteiger partial charge in [-0.3, -0.25) is 0 Å². The van der Waals surface area contributed by atoms with Gasteiger partial charge in [-0.25, -0.2) is 9.48 Å². The summed E-state index contributed by atoms with van der Waals surface area (Å²) in [5.74, 6) is -0.521. The molecule has 3 aromatic rings. The van der Waals surface area contributed by atoms with Crippen molar-refractivity contribution in [3.05, 3.63) is 41.2 Å². The van der Waals surface area contributed by atoms with Crippen molar-refractivity contribution in [2.75, 3.05) is 6.61 Å². The zero-order chi connectivity index (χ0) is 15.5. The van der Waals surface area contributed by atoms with E-state index >= 15 is 0 Å². The fourth-order valence-electron chi connectivity index (χ4n) is 1.78. The number of aromatic nitrogens is 5. The zero-order valence-corrected chi connectivity index (χ0v) is 13.0. The van der Waals surface area contributed by atoms with E-state index in [1.54, 1.807) is 29.9 Å². The van der Waals surface area contributed by atoms with Crippen LogP contribution >= 0.6 is 23.1 Å². The summed E-state index contributed by atoms with van der Waals surface area (Å²) >= 11 is 6.93. The van der Waals surface area contributed by atoms with Crippen LogP contribution in [0, 0.1) is 0 Å². The molecule has 0 bridgehead atoms. The number of halogens is 1. The van der Waals surface area contributed by atoms with E-state index in [1.807, 2.05) is 12.1 Å². The highest BCUT2D eigenvalue weighted by atomic mass is 35.5. The molecule has 0 aliphatic rings. The standard InChI is InChI=1S/C13H10ClN5O2S/c1-2-21-13(20)11-12(22-18-16-11)10-7-19(17-15-10)9-5-3-8(14)4-6-9/h3-7H,2H2,1H3. The Morgan fingerprint density at radius 1 is 1.32 bits per heavy atom. The topological polar surface area (TPSA) is 82.8 Å². The molecule has 0 unspecified atom stereocenters. The Hall–Kier alpha value is -2.32. The van der Waals surface area contributed by atoms with Crippen LogP contribution in [0.1, 0.15) is 17.4 Å². The van der Waals surface area contributed by atoms with Gasteiger partial charge >= 0.3 is 5.97 Å². The maximum absolute atomic E-state index is 11.8.